The van der Waals surface area contributed by atoms with Gasteiger partial charge in [-0.15, -0.1) is 0 Å². The Kier molecular flexibility index (Phi) is 4.69. The van der Waals surface area contributed by atoms with E-state index in [2.05, 4.69) is 0 Å². The molecule has 0 spiro atoms. The molecule has 0 aromatic heterocycles. The van der Waals surface area contributed by atoms with Gasteiger partial charge in [0.2, 0.25) is 5.83 Å². The highest BCUT2D eigenvalue weighted by molar-refractivity contribution is 5.84. The molecule has 0 aliphatic rings. The SMILES string of the molecule is CCC(C=C(F)C(=O)O)c1ccccc1OC. The van der Waals surface area contributed by atoms with Crippen LogP contribution in [0.15, 0.2) is 36.2 Å². The highest BCUT2D eigenvalue weighted by Crippen LogP contribution is 2.30. The number of methoxy groups -OCH3 is 1. The minimum absolute atomic E-state index is 0.303. The molecule has 1 atom stereocenters. The summed E-state index contributed by atoms with van der Waals surface area (Å²) in [6.07, 6.45) is 1.71. The zero-order valence-electron chi connectivity index (χ0n) is 9.81. The summed E-state index contributed by atoms with van der Waals surface area (Å²) in [6, 6.07) is 7.20. The summed E-state index contributed by atoms with van der Waals surface area (Å²) >= 11 is 0. The fraction of sp³-hybridized carbons (Fsp3) is 0.308. The van der Waals surface area contributed by atoms with Crippen LogP contribution in [-0.4, -0.2) is 18.2 Å². The fourth-order valence-electron chi connectivity index (χ4n) is 1.65. The number of benzene rings is 1. The molecule has 0 saturated carbocycles. The molecule has 1 N–H and O–H groups in total. The number of hydrogen-bond acceptors (Lipinski definition) is 2. The van der Waals surface area contributed by atoms with E-state index in [0.717, 1.165) is 11.6 Å². The van der Waals surface area contributed by atoms with Gasteiger partial charge in [0.05, 0.1) is 7.11 Å². The average Bonchev–Trinajstić information content (AvgIpc) is 2.35. The van der Waals surface area contributed by atoms with Gasteiger partial charge in [-0.1, -0.05) is 25.1 Å². The molecule has 0 fully saturated rings. The van der Waals surface area contributed by atoms with E-state index in [9.17, 15) is 9.18 Å². The fourth-order valence-corrected chi connectivity index (χ4v) is 1.65. The van der Waals surface area contributed by atoms with E-state index in [1.807, 2.05) is 19.1 Å². The Morgan fingerprint density at radius 3 is 2.71 bits per heavy atom. The van der Waals surface area contributed by atoms with E-state index in [4.69, 9.17) is 9.84 Å². The van der Waals surface area contributed by atoms with E-state index in [-0.39, 0.29) is 5.92 Å². The average molecular weight is 238 g/mol. The number of carbonyl (C=O) groups is 1. The molecule has 0 aliphatic carbocycles. The summed E-state index contributed by atoms with van der Waals surface area (Å²) in [5, 5.41) is 8.53. The predicted octanol–water partition coefficient (Wildman–Crippen LogP) is 3.13. The quantitative estimate of drug-likeness (QED) is 0.801. The summed E-state index contributed by atoms with van der Waals surface area (Å²) in [6.45, 7) is 1.86. The second-order valence-corrected chi connectivity index (χ2v) is 3.58. The molecular formula is C13H15FO3. The molecule has 92 valence electrons. The van der Waals surface area contributed by atoms with Gasteiger partial charge in [-0.3, -0.25) is 0 Å². The van der Waals surface area contributed by atoms with Crippen LogP contribution in [0.2, 0.25) is 0 Å². The van der Waals surface area contributed by atoms with E-state index < -0.39 is 11.8 Å². The molecule has 3 nitrogen and oxygen atoms in total. The zero-order chi connectivity index (χ0) is 12.8. The number of halogens is 1. The monoisotopic (exact) mass is 238 g/mol. The van der Waals surface area contributed by atoms with Crippen LogP contribution in [0.25, 0.3) is 0 Å². The minimum Gasteiger partial charge on any atom is -0.496 e. The van der Waals surface area contributed by atoms with Gasteiger partial charge < -0.3 is 9.84 Å². The van der Waals surface area contributed by atoms with Gasteiger partial charge in [0.15, 0.2) is 0 Å². The number of rotatable bonds is 5. The van der Waals surface area contributed by atoms with Crippen molar-refractivity contribution < 1.29 is 19.0 Å². The van der Waals surface area contributed by atoms with Gasteiger partial charge in [0.25, 0.3) is 0 Å². The van der Waals surface area contributed by atoms with Crippen molar-refractivity contribution >= 4 is 5.97 Å². The second-order valence-electron chi connectivity index (χ2n) is 3.58. The van der Waals surface area contributed by atoms with Crippen LogP contribution in [0.4, 0.5) is 4.39 Å². The Balaban J connectivity index is 3.10. The molecule has 0 radical (unpaired) electrons. The number of carboxylic acid groups (broad SMARTS) is 1. The van der Waals surface area contributed by atoms with Crippen LogP contribution in [-0.2, 0) is 4.79 Å². The van der Waals surface area contributed by atoms with Gasteiger partial charge in [-0.05, 0) is 18.6 Å². The molecule has 17 heavy (non-hydrogen) atoms. The number of aliphatic carboxylic acids is 1. The molecule has 0 heterocycles. The molecule has 4 heteroatoms. The number of carboxylic acids is 1. The highest BCUT2D eigenvalue weighted by Gasteiger charge is 2.15. The van der Waals surface area contributed by atoms with E-state index >= 15 is 0 Å². The lowest BCUT2D eigenvalue weighted by atomic mass is 9.95. The first kappa shape index (κ1) is 13.2. The van der Waals surface area contributed by atoms with Crippen LogP contribution in [0.1, 0.15) is 24.8 Å². The minimum atomic E-state index is -1.54. The smallest absolute Gasteiger partial charge is 0.364 e. The summed E-state index contributed by atoms with van der Waals surface area (Å²) in [5.41, 5.74) is 0.786. The third kappa shape index (κ3) is 3.31. The Hall–Kier alpha value is -1.84. The lowest BCUT2D eigenvalue weighted by Gasteiger charge is -2.14. The Labute approximate surface area is 99.5 Å². The van der Waals surface area contributed by atoms with Crippen molar-refractivity contribution in [2.75, 3.05) is 7.11 Å². The predicted molar refractivity (Wildman–Crippen MR) is 62.9 cm³/mol. The molecular weight excluding hydrogens is 223 g/mol. The van der Waals surface area contributed by atoms with Crippen LogP contribution in [0.3, 0.4) is 0 Å². The summed E-state index contributed by atoms with van der Waals surface area (Å²) < 4.78 is 18.3. The summed E-state index contributed by atoms with van der Waals surface area (Å²) in [4.78, 5) is 10.5. The highest BCUT2D eigenvalue weighted by atomic mass is 19.1. The van der Waals surface area contributed by atoms with Crippen LogP contribution in [0.5, 0.6) is 5.75 Å². The zero-order valence-corrected chi connectivity index (χ0v) is 9.81. The maximum absolute atomic E-state index is 13.1. The largest absolute Gasteiger partial charge is 0.496 e. The van der Waals surface area contributed by atoms with Crippen molar-refractivity contribution in [2.45, 2.75) is 19.3 Å². The summed E-state index contributed by atoms with van der Waals surface area (Å²) in [7, 11) is 1.53. The summed E-state index contributed by atoms with van der Waals surface area (Å²) in [5.74, 6) is -2.35. The third-order valence-electron chi connectivity index (χ3n) is 2.53. The van der Waals surface area contributed by atoms with Crippen molar-refractivity contribution in [3.05, 3.63) is 41.7 Å². The van der Waals surface area contributed by atoms with Crippen molar-refractivity contribution in [3.63, 3.8) is 0 Å². The molecule has 1 rings (SSSR count). The topological polar surface area (TPSA) is 46.5 Å². The van der Waals surface area contributed by atoms with E-state index in [0.29, 0.717) is 12.2 Å². The molecule has 0 aliphatic heterocycles. The normalized spacial score (nSPS) is 13.2. The number of hydrogen-bond donors (Lipinski definition) is 1. The Morgan fingerprint density at radius 1 is 1.53 bits per heavy atom. The van der Waals surface area contributed by atoms with Gasteiger partial charge >= 0.3 is 5.97 Å². The molecule has 0 amide bonds. The second kappa shape index (κ2) is 6.03. The standard InChI is InChI=1S/C13H15FO3/c1-3-9(8-11(14)13(15)16)10-6-4-5-7-12(10)17-2/h4-9H,3H2,1-2H3,(H,15,16). The van der Waals surface area contributed by atoms with Crippen molar-refractivity contribution in [2.24, 2.45) is 0 Å². The first-order valence-electron chi connectivity index (χ1n) is 5.33. The first-order valence-corrected chi connectivity index (χ1v) is 5.33. The number of para-hydroxylation sites is 1. The lowest BCUT2D eigenvalue weighted by Crippen LogP contribution is -2.02. The van der Waals surface area contributed by atoms with E-state index in [1.165, 1.54) is 7.11 Å². The number of ether oxygens (including phenoxy) is 1. The van der Waals surface area contributed by atoms with Crippen molar-refractivity contribution in [1.82, 2.24) is 0 Å². The van der Waals surface area contributed by atoms with Crippen LogP contribution in [0, 0.1) is 0 Å². The Bertz CT molecular complexity index is 426. The Morgan fingerprint density at radius 2 is 2.18 bits per heavy atom. The van der Waals surface area contributed by atoms with Crippen molar-refractivity contribution in [3.8, 4) is 5.75 Å². The van der Waals surface area contributed by atoms with Crippen LogP contribution < -0.4 is 4.74 Å². The maximum atomic E-state index is 13.1. The third-order valence-corrected chi connectivity index (χ3v) is 2.53. The van der Waals surface area contributed by atoms with Gasteiger partial charge in [0.1, 0.15) is 5.75 Å². The van der Waals surface area contributed by atoms with Gasteiger partial charge in [-0.2, -0.15) is 4.39 Å². The molecule has 1 aromatic rings. The maximum Gasteiger partial charge on any atom is 0.364 e. The van der Waals surface area contributed by atoms with E-state index in [1.54, 1.807) is 12.1 Å². The first-order chi connectivity index (χ1) is 8.10. The molecule has 1 unspecified atom stereocenters. The van der Waals surface area contributed by atoms with Crippen LogP contribution >= 0.6 is 0 Å². The van der Waals surface area contributed by atoms with Gasteiger partial charge in [0, 0.05) is 11.5 Å². The molecule has 1 aromatic carbocycles. The molecule has 0 bridgehead atoms. The number of allylic oxidation sites excluding steroid dienone is 1. The lowest BCUT2D eigenvalue weighted by molar-refractivity contribution is -0.134. The van der Waals surface area contributed by atoms with Crippen molar-refractivity contribution in [1.29, 1.82) is 0 Å². The van der Waals surface area contributed by atoms with Gasteiger partial charge in [-0.25, -0.2) is 4.79 Å². The molecule has 0 saturated heterocycles.